The van der Waals surface area contributed by atoms with Crippen LogP contribution in [-0.4, -0.2) is 60.4 Å². The maximum atomic E-state index is 12.9. The lowest BCUT2D eigenvalue weighted by Gasteiger charge is -2.41. The number of nitrogens with zero attached hydrogens (tertiary/aromatic N) is 2. The number of benzene rings is 1. The maximum Gasteiger partial charge on any atom is 0.234 e. The molecule has 0 saturated carbocycles. The molecule has 0 radical (unpaired) electrons. The van der Waals surface area contributed by atoms with E-state index in [0.29, 0.717) is 26.1 Å². The van der Waals surface area contributed by atoms with Crippen molar-refractivity contribution in [2.45, 2.75) is 45.6 Å². The molecular formula is C21H30FN3O2. The fourth-order valence-electron chi connectivity index (χ4n) is 4.32. The third-order valence-corrected chi connectivity index (χ3v) is 5.84. The average Bonchev–Trinajstić information content (AvgIpc) is 3.02. The van der Waals surface area contributed by atoms with Crippen LogP contribution in [0.1, 0.15) is 38.7 Å². The van der Waals surface area contributed by atoms with Crippen molar-refractivity contribution in [1.82, 2.24) is 15.1 Å². The number of hydrogen-bond acceptors (Lipinski definition) is 3. The highest BCUT2D eigenvalue weighted by molar-refractivity contribution is 5.85. The van der Waals surface area contributed by atoms with Crippen LogP contribution in [0.15, 0.2) is 24.3 Å². The molecule has 1 aromatic carbocycles. The van der Waals surface area contributed by atoms with Gasteiger partial charge in [0, 0.05) is 25.7 Å². The minimum Gasteiger partial charge on any atom is -0.355 e. The van der Waals surface area contributed by atoms with Gasteiger partial charge < -0.3 is 10.2 Å². The minimum atomic E-state index is -0.295. The van der Waals surface area contributed by atoms with E-state index in [1.807, 2.05) is 4.90 Å². The van der Waals surface area contributed by atoms with Crippen LogP contribution in [0, 0.1) is 11.2 Å². The van der Waals surface area contributed by atoms with Crippen molar-refractivity contribution >= 4 is 11.8 Å². The molecular weight excluding hydrogens is 345 g/mol. The molecule has 2 heterocycles. The van der Waals surface area contributed by atoms with Gasteiger partial charge in [-0.1, -0.05) is 12.1 Å². The molecule has 148 valence electrons. The van der Waals surface area contributed by atoms with Crippen molar-refractivity contribution in [3.63, 3.8) is 0 Å². The van der Waals surface area contributed by atoms with E-state index in [9.17, 15) is 14.0 Å². The topological polar surface area (TPSA) is 52.6 Å². The number of halogens is 1. The Bertz CT molecular complexity index is 677. The van der Waals surface area contributed by atoms with Crippen LogP contribution in [0.4, 0.5) is 4.39 Å². The summed E-state index contributed by atoms with van der Waals surface area (Å²) in [6.45, 7) is 7.33. The van der Waals surface area contributed by atoms with Gasteiger partial charge in [-0.3, -0.25) is 14.5 Å². The van der Waals surface area contributed by atoms with Crippen molar-refractivity contribution in [2.75, 3.05) is 32.7 Å². The summed E-state index contributed by atoms with van der Waals surface area (Å²) in [5.74, 6) is 0.000134. The molecule has 0 aromatic heterocycles. The van der Waals surface area contributed by atoms with Crippen LogP contribution in [0.5, 0.6) is 0 Å². The van der Waals surface area contributed by atoms with Crippen LogP contribution in [-0.2, 0) is 16.0 Å². The minimum absolute atomic E-state index is 0.0156. The number of piperidine rings is 1. The Labute approximate surface area is 160 Å². The molecule has 1 aromatic rings. The lowest BCUT2D eigenvalue weighted by atomic mass is 9.78. The number of likely N-dealkylation sites (tertiary alicyclic amines) is 2. The zero-order valence-electron chi connectivity index (χ0n) is 16.3. The molecule has 1 atom stereocenters. The number of carbonyl (C=O) groups is 2. The Balaban J connectivity index is 1.45. The summed E-state index contributed by atoms with van der Waals surface area (Å²) < 4.78 is 12.9. The number of hydrogen-bond donors (Lipinski definition) is 1. The Morgan fingerprint density at radius 2 is 1.96 bits per heavy atom. The van der Waals surface area contributed by atoms with Gasteiger partial charge in [-0.25, -0.2) is 4.39 Å². The summed E-state index contributed by atoms with van der Waals surface area (Å²) >= 11 is 0. The van der Waals surface area contributed by atoms with Crippen LogP contribution < -0.4 is 5.32 Å². The SMILES string of the molecule is CC(C)N1CCC[C@]2(CCN(CC(=O)NCCc3ccc(F)cc3)C2)C1=O. The van der Waals surface area contributed by atoms with Crippen LogP contribution >= 0.6 is 0 Å². The predicted molar refractivity (Wildman–Crippen MR) is 103 cm³/mol. The van der Waals surface area contributed by atoms with E-state index >= 15 is 0 Å². The number of carbonyl (C=O) groups excluding carboxylic acids is 2. The van der Waals surface area contributed by atoms with Gasteiger partial charge in [0.15, 0.2) is 0 Å². The molecule has 5 nitrogen and oxygen atoms in total. The largest absolute Gasteiger partial charge is 0.355 e. The first-order valence-corrected chi connectivity index (χ1v) is 9.94. The second kappa shape index (κ2) is 8.38. The van der Waals surface area contributed by atoms with Crippen molar-refractivity contribution in [3.8, 4) is 0 Å². The number of amides is 2. The van der Waals surface area contributed by atoms with E-state index < -0.39 is 0 Å². The highest BCUT2D eigenvalue weighted by atomic mass is 19.1. The molecule has 2 saturated heterocycles. The molecule has 1 N–H and O–H groups in total. The van der Waals surface area contributed by atoms with E-state index in [-0.39, 0.29) is 29.1 Å². The van der Waals surface area contributed by atoms with Gasteiger partial charge >= 0.3 is 0 Å². The normalized spacial score (nSPS) is 23.4. The highest BCUT2D eigenvalue weighted by Gasteiger charge is 2.48. The molecule has 1 spiro atoms. The van der Waals surface area contributed by atoms with E-state index in [1.54, 1.807) is 12.1 Å². The standard InChI is InChI=1S/C21H30FN3O2/c1-16(2)25-12-3-9-21(20(25)27)10-13-24(15-21)14-19(26)23-11-8-17-4-6-18(22)7-5-17/h4-7,16H,3,8-15H2,1-2H3,(H,23,26)/t21-/m1/s1. The summed E-state index contributed by atoms with van der Waals surface area (Å²) in [6.07, 6.45) is 3.50. The van der Waals surface area contributed by atoms with Crippen molar-refractivity contribution in [1.29, 1.82) is 0 Å². The first-order valence-electron chi connectivity index (χ1n) is 9.94. The van der Waals surface area contributed by atoms with Crippen molar-refractivity contribution in [3.05, 3.63) is 35.6 Å². The smallest absolute Gasteiger partial charge is 0.234 e. The van der Waals surface area contributed by atoms with Gasteiger partial charge in [-0.2, -0.15) is 0 Å². The summed E-state index contributed by atoms with van der Waals surface area (Å²) in [4.78, 5) is 29.3. The fraction of sp³-hybridized carbons (Fsp3) is 0.619. The number of rotatable bonds is 6. The molecule has 0 aliphatic carbocycles. The molecule has 3 rings (SSSR count). The Hall–Kier alpha value is -1.95. The first-order chi connectivity index (χ1) is 12.9. The number of nitrogens with one attached hydrogen (secondary N) is 1. The second-order valence-corrected chi connectivity index (χ2v) is 8.16. The fourth-order valence-corrected chi connectivity index (χ4v) is 4.32. The van der Waals surface area contributed by atoms with Gasteiger partial charge in [0.1, 0.15) is 5.82 Å². The van der Waals surface area contributed by atoms with Crippen LogP contribution in [0.25, 0.3) is 0 Å². The predicted octanol–water partition coefficient (Wildman–Crippen LogP) is 2.21. The van der Waals surface area contributed by atoms with Crippen LogP contribution in [0.3, 0.4) is 0 Å². The Kier molecular flexibility index (Phi) is 6.15. The summed E-state index contributed by atoms with van der Waals surface area (Å²) in [5.41, 5.74) is 0.704. The molecule has 2 amide bonds. The third-order valence-electron chi connectivity index (χ3n) is 5.84. The van der Waals surface area contributed by atoms with Crippen molar-refractivity contribution in [2.24, 2.45) is 5.41 Å². The maximum absolute atomic E-state index is 12.9. The van der Waals surface area contributed by atoms with Gasteiger partial charge in [0.05, 0.1) is 12.0 Å². The lowest BCUT2D eigenvalue weighted by Crippen LogP contribution is -2.52. The second-order valence-electron chi connectivity index (χ2n) is 8.16. The molecule has 6 heteroatoms. The molecule has 2 fully saturated rings. The average molecular weight is 375 g/mol. The van der Waals surface area contributed by atoms with Gasteiger partial charge in [-0.15, -0.1) is 0 Å². The monoisotopic (exact) mass is 375 g/mol. The zero-order chi connectivity index (χ0) is 19.4. The first kappa shape index (κ1) is 19.8. The van der Waals surface area contributed by atoms with Crippen molar-refractivity contribution < 1.29 is 14.0 Å². The van der Waals surface area contributed by atoms with E-state index in [1.165, 1.54) is 12.1 Å². The summed E-state index contributed by atoms with van der Waals surface area (Å²) in [7, 11) is 0. The van der Waals surface area contributed by atoms with Gasteiger partial charge in [0.2, 0.25) is 11.8 Å². The van der Waals surface area contributed by atoms with Gasteiger partial charge in [0.25, 0.3) is 0 Å². The van der Waals surface area contributed by atoms with E-state index in [2.05, 4.69) is 24.1 Å². The Morgan fingerprint density at radius 1 is 1.22 bits per heavy atom. The third kappa shape index (κ3) is 4.67. The van der Waals surface area contributed by atoms with E-state index in [4.69, 9.17) is 0 Å². The molecule has 0 unspecified atom stereocenters. The molecule has 0 bridgehead atoms. The zero-order valence-corrected chi connectivity index (χ0v) is 16.3. The molecule has 2 aliphatic heterocycles. The van der Waals surface area contributed by atoms with Crippen LogP contribution in [0.2, 0.25) is 0 Å². The Morgan fingerprint density at radius 3 is 2.67 bits per heavy atom. The highest BCUT2D eigenvalue weighted by Crippen LogP contribution is 2.40. The quantitative estimate of drug-likeness (QED) is 0.829. The lowest BCUT2D eigenvalue weighted by molar-refractivity contribution is -0.147. The van der Waals surface area contributed by atoms with E-state index in [0.717, 1.165) is 37.9 Å². The molecule has 2 aliphatic rings. The summed E-state index contributed by atoms with van der Waals surface area (Å²) in [6, 6.07) is 6.57. The summed E-state index contributed by atoms with van der Waals surface area (Å²) in [5, 5.41) is 2.93. The molecule has 27 heavy (non-hydrogen) atoms. The van der Waals surface area contributed by atoms with Gasteiger partial charge in [-0.05, 0) is 63.8 Å².